The lowest BCUT2D eigenvalue weighted by molar-refractivity contribution is 0.0954. The number of nitrogens with one attached hydrogen (secondary N) is 2. The van der Waals surface area contributed by atoms with E-state index < -0.39 is 0 Å². The minimum absolute atomic E-state index is 0.138. The Morgan fingerprint density at radius 3 is 2.55 bits per heavy atom. The Hall–Kier alpha value is -3.54. The highest BCUT2D eigenvalue weighted by Gasteiger charge is 2.09. The van der Waals surface area contributed by atoms with E-state index in [1.54, 1.807) is 32.5 Å². The summed E-state index contributed by atoms with van der Waals surface area (Å²) in [5, 5.41) is 6.21. The van der Waals surface area contributed by atoms with Gasteiger partial charge in [-0.2, -0.15) is 0 Å². The first-order chi connectivity index (χ1) is 14.1. The van der Waals surface area contributed by atoms with Crippen molar-refractivity contribution in [1.82, 2.24) is 10.3 Å². The van der Waals surface area contributed by atoms with E-state index in [0.717, 1.165) is 16.8 Å². The van der Waals surface area contributed by atoms with Crippen LogP contribution in [0.5, 0.6) is 11.5 Å². The Labute approximate surface area is 170 Å². The summed E-state index contributed by atoms with van der Waals surface area (Å²) in [5.41, 5.74) is 3.69. The van der Waals surface area contributed by atoms with E-state index in [1.807, 2.05) is 49.4 Å². The second kappa shape index (κ2) is 9.59. The summed E-state index contributed by atoms with van der Waals surface area (Å²) in [6.07, 6.45) is 2.31. The maximum atomic E-state index is 12.5. The SMILES string of the molecule is COc1ccc(CCNC(=O)c2ccnc(Nc3ccccc3C)c2)cc1OC. The van der Waals surface area contributed by atoms with Crippen molar-refractivity contribution in [2.75, 3.05) is 26.1 Å². The van der Waals surface area contributed by atoms with E-state index in [-0.39, 0.29) is 5.91 Å². The molecule has 0 aliphatic carbocycles. The molecular formula is C23H25N3O3. The summed E-state index contributed by atoms with van der Waals surface area (Å²) < 4.78 is 10.6. The number of rotatable bonds is 8. The average Bonchev–Trinajstić information content (AvgIpc) is 2.75. The third-order valence-electron chi connectivity index (χ3n) is 4.58. The topological polar surface area (TPSA) is 72.5 Å². The summed E-state index contributed by atoms with van der Waals surface area (Å²) in [7, 11) is 3.21. The number of hydrogen-bond donors (Lipinski definition) is 2. The molecule has 1 heterocycles. The fraction of sp³-hybridized carbons (Fsp3) is 0.217. The monoisotopic (exact) mass is 391 g/mol. The zero-order valence-corrected chi connectivity index (χ0v) is 16.9. The molecule has 0 saturated carbocycles. The highest BCUT2D eigenvalue weighted by atomic mass is 16.5. The first-order valence-corrected chi connectivity index (χ1v) is 9.38. The van der Waals surface area contributed by atoms with Gasteiger partial charge in [-0.15, -0.1) is 0 Å². The molecule has 1 amide bonds. The fourth-order valence-corrected chi connectivity index (χ4v) is 2.95. The molecule has 2 N–H and O–H groups in total. The van der Waals surface area contributed by atoms with E-state index in [0.29, 0.717) is 35.8 Å². The summed E-state index contributed by atoms with van der Waals surface area (Å²) in [4.78, 5) is 16.8. The average molecular weight is 391 g/mol. The minimum atomic E-state index is -0.138. The smallest absolute Gasteiger partial charge is 0.251 e. The number of para-hydroxylation sites is 1. The molecule has 6 nitrogen and oxygen atoms in total. The van der Waals surface area contributed by atoms with Gasteiger partial charge in [0.1, 0.15) is 5.82 Å². The Kier molecular flexibility index (Phi) is 6.68. The first kappa shape index (κ1) is 20.2. The van der Waals surface area contributed by atoms with Crippen molar-refractivity contribution < 1.29 is 14.3 Å². The van der Waals surface area contributed by atoms with Crippen molar-refractivity contribution in [2.45, 2.75) is 13.3 Å². The molecule has 29 heavy (non-hydrogen) atoms. The van der Waals surface area contributed by atoms with E-state index in [1.165, 1.54) is 0 Å². The molecule has 0 fully saturated rings. The van der Waals surface area contributed by atoms with Crippen LogP contribution in [0.2, 0.25) is 0 Å². The molecule has 1 aromatic heterocycles. The maximum Gasteiger partial charge on any atom is 0.251 e. The lowest BCUT2D eigenvalue weighted by atomic mass is 10.1. The van der Waals surface area contributed by atoms with Crippen LogP contribution in [-0.4, -0.2) is 31.7 Å². The molecule has 0 aliphatic rings. The van der Waals surface area contributed by atoms with Crippen LogP contribution in [0.25, 0.3) is 0 Å². The number of nitrogens with zero attached hydrogens (tertiary/aromatic N) is 1. The van der Waals surface area contributed by atoms with E-state index in [2.05, 4.69) is 15.6 Å². The van der Waals surface area contributed by atoms with Gasteiger partial charge in [-0.1, -0.05) is 24.3 Å². The number of benzene rings is 2. The number of ether oxygens (including phenoxy) is 2. The third-order valence-corrected chi connectivity index (χ3v) is 4.58. The molecule has 3 rings (SSSR count). The molecule has 0 saturated heterocycles. The van der Waals surface area contributed by atoms with Gasteiger partial charge in [0.2, 0.25) is 0 Å². The summed E-state index contributed by atoms with van der Waals surface area (Å²) in [6, 6.07) is 17.1. The van der Waals surface area contributed by atoms with E-state index in [9.17, 15) is 4.79 Å². The number of anilines is 2. The highest BCUT2D eigenvalue weighted by molar-refractivity contribution is 5.94. The Morgan fingerprint density at radius 1 is 1.00 bits per heavy atom. The molecule has 6 heteroatoms. The van der Waals surface area contributed by atoms with Crippen molar-refractivity contribution in [3.63, 3.8) is 0 Å². The third kappa shape index (κ3) is 5.25. The summed E-state index contributed by atoms with van der Waals surface area (Å²) in [5.74, 6) is 1.86. The molecule has 0 bridgehead atoms. The lowest BCUT2D eigenvalue weighted by Gasteiger charge is -2.11. The molecule has 0 aliphatic heterocycles. The van der Waals surface area contributed by atoms with Crippen LogP contribution >= 0.6 is 0 Å². The van der Waals surface area contributed by atoms with Gasteiger partial charge in [0, 0.05) is 24.0 Å². The lowest BCUT2D eigenvalue weighted by Crippen LogP contribution is -2.25. The summed E-state index contributed by atoms with van der Waals surface area (Å²) in [6.45, 7) is 2.53. The van der Waals surface area contributed by atoms with Gasteiger partial charge in [-0.25, -0.2) is 4.98 Å². The number of carbonyl (C=O) groups is 1. The number of pyridine rings is 1. The first-order valence-electron chi connectivity index (χ1n) is 9.38. The molecule has 0 radical (unpaired) electrons. The zero-order valence-electron chi connectivity index (χ0n) is 16.9. The maximum absolute atomic E-state index is 12.5. The Morgan fingerprint density at radius 2 is 1.79 bits per heavy atom. The molecule has 2 aromatic carbocycles. The standard InChI is InChI=1S/C23H25N3O3/c1-16-6-4-5-7-19(16)26-22-15-18(11-13-24-22)23(27)25-12-10-17-8-9-20(28-2)21(14-17)29-3/h4-9,11,13-15H,10,12H2,1-3H3,(H,24,26)(H,25,27). The van der Waals surface area contributed by atoms with Gasteiger partial charge in [0.05, 0.1) is 14.2 Å². The van der Waals surface area contributed by atoms with Gasteiger partial charge >= 0.3 is 0 Å². The van der Waals surface area contributed by atoms with E-state index in [4.69, 9.17) is 9.47 Å². The predicted octanol–water partition coefficient (Wildman–Crippen LogP) is 4.12. The van der Waals surface area contributed by atoms with Crippen LogP contribution in [-0.2, 0) is 6.42 Å². The van der Waals surface area contributed by atoms with Crippen LogP contribution in [0.4, 0.5) is 11.5 Å². The second-order valence-corrected chi connectivity index (χ2v) is 6.56. The zero-order chi connectivity index (χ0) is 20.6. The molecule has 3 aromatic rings. The molecule has 0 spiro atoms. The van der Waals surface area contributed by atoms with Crippen molar-refractivity contribution in [3.8, 4) is 11.5 Å². The van der Waals surface area contributed by atoms with Crippen molar-refractivity contribution in [1.29, 1.82) is 0 Å². The van der Waals surface area contributed by atoms with Crippen LogP contribution in [0.3, 0.4) is 0 Å². The van der Waals surface area contributed by atoms with Crippen LogP contribution in [0.1, 0.15) is 21.5 Å². The number of aromatic nitrogens is 1. The molecule has 150 valence electrons. The van der Waals surface area contributed by atoms with Crippen LogP contribution < -0.4 is 20.1 Å². The van der Waals surface area contributed by atoms with Gasteiger partial charge in [-0.05, 0) is 54.8 Å². The normalized spacial score (nSPS) is 10.3. The Bertz CT molecular complexity index is 989. The number of methoxy groups -OCH3 is 2. The number of amides is 1. The Balaban J connectivity index is 1.59. The molecular weight excluding hydrogens is 366 g/mol. The second-order valence-electron chi connectivity index (χ2n) is 6.56. The van der Waals surface area contributed by atoms with Crippen molar-refractivity contribution in [3.05, 3.63) is 77.5 Å². The summed E-state index contributed by atoms with van der Waals surface area (Å²) >= 11 is 0. The molecule has 0 atom stereocenters. The van der Waals surface area contributed by atoms with Crippen molar-refractivity contribution in [2.24, 2.45) is 0 Å². The van der Waals surface area contributed by atoms with Gasteiger partial charge in [0.25, 0.3) is 5.91 Å². The van der Waals surface area contributed by atoms with Crippen LogP contribution in [0, 0.1) is 6.92 Å². The fourth-order valence-electron chi connectivity index (χ4n) is 2.95. The van der Waals surface area contributed by atoms with E-state index >= 15 is 0 Å². The quantitative estimate of drug-likeness (QED) is 0.604. The number of aryl methyl sites for hydroxylation is 1. The van der Waals surface area contributed by atoms with Crippen LogP contribution in [0.15, 0.2) is 60.8 Å². The van der Waals surface area contributed by atoms with Gasteiger partial charge < -0.3 is 20.1 Å². The number of hydrogen-bond acceptors (Lipinski definition) is 5. The van der Waals surface area contributed by atoms with Gasteiger partial charge in [0.15, 0.2) is 11.5 Å². The largest absolute Gasteiger partial charge is 0.493 e. The highest BCUT2D eigenvalue weighted by Crippen LogP contribution is 2.27. The van der Waals surface area contributed by atoms with Gasteiger partial charge in [-0.3, -0.25) is 4.79 Å². The molecule has 0 unspecified atom stereocenters. The van der Waals surface area contributed by atoms with Crippen molar-refractivity contribution >= 4 is 17.4 Å². The predicted molar refractivity (Wildman–Crippen MR) is 114 cm³/mol. The minimum Gasteiger partial charge on any atom is -0.493 e. The number of carbonyl (C=O) groups excluding carboxylic acids is 1.